The van der Waals surface area contributed by atoms with E-state index in [0.29, 0.717) is 26.2 Å². The van der Waals surface area contributed by atoms with Gasteiger partial charge in [0.2, 0.25) is 9.05 Å². The summed E-state index contributed by atoms with van der Waals surface area (Å²) in [6.45, 7) is 4.34. The Kier molecular flexibility index (Phi) is 9.49. The van der Waals surface area contributed by atoms with Gasteiger partial charge in [-0.3, -0.25) is 0 Å². The van der Waals surface area contributed by atoms with Crippen LogP contribution in [-0.2, 0) is 18.5 Å². The highest BCUT2D eigenvalue weighted by atomic mass is 35.7. The van der Waals surface area contributed by atoms with Gasteiger partial charge in [0.15, 0.2) is 0 Å². The molecule has 92 valence electrons. The zero-order chi connectivity index (χ0) is 11.6. The summed E-state index contributed by atoms with van der Waals surface area (Å²) >= 11 is 0. The van der Waals surface area contributed by atoms with Crippen molar-refractivity contribution in [3.63, 3.8) is 0 Å². The number of unbranched alkanes of at least 4 members (excludes halogenated alkanes) is 1. The third kappa shape index (κ3) is 14.2. The zero-order valence-electron chi connectivity index (χ0n) is 9.08. The van der Waals surface area contributed by atoms with E-state index in [0.717, 1.165) is 19.4 Å². The maximum atomic E-state index is 10.5. The van der Waals surface area contributed by atoms with E-state index in [2.05, 4.69) is 6.92 Å². The monoisotopic (exact) mass is 258 g/mol. The Morgan fingerprint density at radius 3 is 2.00 bits per heavy atom. The quantitative estimate of drug-likeness (QED) is 0.443. The molecule has 0 unspecified atom stereocenters. The Morgan fingerprint density at radius 2 is 1.53 bits per heavy atom. The molecule has 0 N–H and O–H groups in total. The number of ether oxygens (including phenoxy) is 2. The van der Waals surface area contributed by atoms with Crippen LogP contribution in [0, 0.1) is 0 Å². The van der Waals surface area contributed by atoms with Gasteiger partial charge < -0.3 is 9.47 Å². The summed E-state index contributed by atoms with van der Waals surface area (Å²) in [4.78, 5) is 0. The highest BCUT2D eigenvalue weighted by molar-refractivity contribution is 8.13. The molecular weight excluding hydrogens is 240 g/mol. The van der Waals surface area contributed by atoms with Gasteiger partial charge in [0, 0.05) is 23.9 Å². The van der Waals surface area contributed by atoms with E-state index >= 15 is 0 Å². The predicted octanol–water partition coefficient (Wildman–Crippen LogP) is 1.78. The number of halogens is 1. The van der Waals surface area contributed by atoms with E-state index < -0.39 is 9.05 Å². The number of rotatable bonds is 10. The topological polar surface area (TPSA) is 52.6 Å². The van der Waals surface area contributed by atoms with Crippen LogP contribution in [0.2, 0.25) is 0 Å². The summed E-state index contributed by atoms with van der Waals surface area (Å²) in [6, 6.07) is 0. The fraction of sp³-hybridized carbons (Fsp3) is 1.00. The molecule has 0 aliphatic carbocycles. The average molecular weight is 259 g/mol. The van der Waals surface area contributed by atoms with Crippen molar-refractivity contribution >= 4 is 19.7 Å². The molecule has 0 aliphatic rings. The molecule has 0 heterocycles. The minimum absolute atomic E-state index is 0.0365. The Morgan fingerprint density at radius 1 is 1.00 bits per heavy atom. The van der Waals surface area contributed by atoms with E-state index in [-0.39, 0.29) is 5.75 Å². The van der Waals surface area contributed by atoms with Crippen molar-refractivity contribution in [3.8, 4) is 0 Å². The van der Waals surface area contributed by atoms with Crippen LogP contribution in [0.5, 0.6) is 0 Å². The minimum atomic E-state index is -3.37. The Bertz CT molecular complexity index is 228. The molecule has 0 amide bonds. The van der Waals surface area contributed by atoms with Crippen LogP contribution >= 0.6 is 10.7 Å². The predicted molar refractivity (Wildman–Crippen MR) is 60.8 cm³/mol. The van der Waals surface area contributed by atoms with Gasteiger partial charge in [-0.05, 0) is 12.8 Å². The lowest BCUT2D eigenvalue weighted by Crippen LogP contribution is -2.08. The Hall–Kier alpha value is 0.160. The molecule has 0 fully saturated rings. The standard InChI is InChI=1S/C9H19ClO4S/c1-2-3-5-13-7-8-14-6-4-9-15(10,11)12/h2-9H2,1H3. The molecule has 4 nitrogen and oxygen atoms in total. The Labute approximate surface area is 96.3 Å². The van der Waals surface area contributed by atoms with Crippen LogP contribution in [0.25, 0.3) is 0 Å². The van der Waals surface area contributed by atoms with Crippen LogP contribution in [0.1, 0.15) is 26.2 Å². The highest BCUT2D eigenvalue weighted by Gasteiger charge is 2.03. The summed E-state index contributed by atoms with van der Waals surface area (Å²) < 4.78 is 31.5. The lowest BCUT2D eigenvalue weighted by Gasteiger charge is -2.04. The molecule has 0 radical (unpaired) electrons. The van der Waals surface area contributed by atoms with Crippen molar-refractivity contribution in [2.75, 3.05) is 32.2 Å². The van der Waals surface area contributed by atoms with Crippen LogP contribution in [-0.4, -0.2) is 40.6 Å². The maximum absolute atomic E-state index is 10.5. The molecule has 0 saturated heterocycles. The van der Waals surface area contributed by atoms with Crippen molar-refractivity contribution in [1.29, 1.82) is 0 Å². The summed E-state index contributed by atoms with van der Waals surface area (Å²) in [5, 5.41) is 0. The van der Waals surface area contributed by atoms with E-state index in [1.165, 1.54) is 0 Å². The van der Waals surface area contributed by atoms with Crippen molar-refractivity contribution < 1.29 is 17.9 Å². The molecule has 0 aliphatic heterocycles. The summed E-state index contributed by atoms with van der Waals surface area (Å²) in [5.74, 6) is -0.0365. The fourth-order valence-electron chi connectivity index (χ4n) is 0.902. The second-order valence-electron chi connectivity index (χ2n) is 3.17. The minimum Gasteiger partial charge on any atom is -0.379 e. The molecule has 15 heavy (non-hydrogen) atoms. The van der Waals surface area contributed by atoms with Gasteiger partial charge >= 0.3 is 0 Å². The number of hydrogen-bond acceptors (Lipinski definition) is 4. The smallest absolute Gasteiger partial charge is 0.232 e. The van der Waals surface area contributed by atoms with Crippen LogP contribution in [0.4, 0.5) is 0 Å². The van der Waals surface area contributed by atoms with Crippen molar-refractivity contribution in [3.05, 3.63) is 0 Å². The van der Waals surface area contributed by atoms with Gasteiger partial charge in [0.05, 0.1) is 19.0 Å². The zero-order valence-corrected chi connectivity index (χ0v) is 10.6. The van der Waals surface area contributed by atoms with E-state index in [1.54, 1.807) is 0 Å². The molecule has 0 bridgehead atoms. The van der Waals surface area contributed by atoms with E-state index in [1.807, 2.05) is 0 Å². The molecule has 0 atom stereocenters. The lowest BCUT2D eigenvalue weighted by atomic mass is 10.4. The molecule has 0 aromatic carbocycles. The van der Waals surface area contributed by atoms with Crippen LogP contribution in [0.15, 0.2) is 0 Å². The van der Waals surface area contributed by atoms with Gasteiger partial charge in [-0.1, -0.05) is 13.3 Å². The number of hydrogen-bond donors (Lipinski definition) is 0. The third-order valence-corrected chi connectivity index (χ3v) is 2.93. The van der Waals surface area contributed by atoms with E-state index in [4.69, 9.17) is 20.2 Å². The molecule has 0 saturated carbocycles. The molecular formula is C9H19ClO4S. The Balaban J connectivity index is 3.06. The second-order valence-corrected chi connectivity index (χ2v) is 6.07. The van der Waals surface area contributed by atoms with Gasteiger partial charge in [-0.15, -0.1) is 0 Å². The van der Waals surface area contributed by atoms with E-state index in [9.17, 15) is 8.42 Å². The van der Waals surface area contributed by atoms with Gasteiger partial charge in [-0.25, -0.2) is 8.42 Å². The maximum Gasteiger partial charge on any atom is 0.232 e. The summed E-state index contributed by atoms with van der Waals surface area (Å²) in [7, 11) is 1.65. The summed E-state index contributed by atoms with van der Waals surface area (Å²) in [6.07, 6.45) is 2.61. The molecule has 6 heteroatoms. The molecule has 0 rings (SSSR count). The van der Waals surface area contributed by atoms with Crippen molar-refractivity contribution in [2.24, 2.45) is 0 Å². The molecule has 0 aromatic rings. The van der Waals surface area contributed by atoms with Crippen molar-refractivity contribution in [1.82, 2.24) is 0 Å². The molecule has 0 aromatic heterocycles. The first-order chi connectivity index (χ1) is 7.06. The normalized spacial score (nSPS) is 11.9. The van der Waals surface area contributed by atoms with Crippen molar-refractivity contribution in [2.45, 2.75) is 26.2 Å². The highest BCUT2D eigenvalue weighted by Crippen LogP contribution is 1.98. The summed E-state index contributed by atoms with van der Waals surface area (Å²) in [5.41, 5.74) is 0. The van der Waals surface area contributed by atoms with Gasteiger partial charge in [0.1, 0.15) is 0 Å². The van der Waals surface area contributed by atoms with Crippen LogP contribution < -0.4 is 0 Å². The average Bonchev–Trinajstić information content (AvgIpc) is 2.14. The first kappa shape index (κ1) is 15.2. The first-order valence-corrected chi connectivity index (χ1v) is 7.62. The SMILES string of the molecule is CCCCOCCOCCCS(=O)(=O)Cl. The van der Waals surface area contributed by atoms with Crippen LogP contribution in [0.3, 0.4) is 0 Å². The lowest BCUT2D eigenvalue weighted by molar-refractivity contribution is 0.0472. The fourth-order valence-corrected chi connectivity index (χ4v) is 1.69. The van der Waals surface area contributed by atoms with Gasteiger partial charge in [-0.2, -0.15) is 0 Å². The largest absolute Gasteiger partial charge is 0.379 e. The molecule has 0 spiro atoms. The van der Waals surface area contributed by atoms with Gasteiger partial charge in [0.25, 0.3) is 0 Å². The first-order valence-electron chi connectivity index (χ1n) is 5.14. The second kappa shape index (κ2) is 9.39. The third-order valence-electron chi connectivity index (χ3n) is 1.69.